The number of hydrogen-bond donors (Lipinski definition) is 8. The molecule has 4 unspecified atom stereocenters. The predicted molar refractivity (Wildman–Crippen MR) is 98.6 cm³/mol. The van der Waals surface area contributed by atoms with Gasteiger partial charge in [0.05, 0.1) is 18.9 Å². The van der Waals surface area contributed by atoms with Gasteiger partial charge in [-0.25, -0.2) is 4.79 Å². The van der Waals surface area contributed by atoms with Gasteiger partial charge < -0.3 is 38.3 Å². The van der Waals surface area contributed by atoms with Gasteiger partial charge in [-0.15, -0.1) is 0 Å². The topological polar surface area (TPSA) is 237 Å². The van der Waals surface area contributed by atoms with E-state index < -0.39 is 72.5 Å². The number of carboxylic acids is 1. The maximum Gasteiger partial charge on any atom is 0.326 e. The van der Waals surface area contributed by atoms with Gasteiger partial charge in [-0.1, -0.05) is 0 Å². The van der Waals surface area contributed by atoms with Crippen LogP contribution in [0.5, 0.6) is 0 Å². The number of primary amides is 2. The first-order chi connectivity index (χ1) is 12.9. The number of nitrogens with one attached hydrogen (secondary N) is 3. The summed E-state index contributed by atoms with van der Waals surface area (Å²) in [6.45, 7) is 1.30. The maximum atomic E-state index is 12.2. The summed E-state index contributed by atoms with van der Waals surface area (Å²) in [5.74, 6) is -6.06. The lowest BCUT2D eigenvalue weighted by atomic mass is 10.1. The third-order valence-corrected chi connectivity index (χ3v) is 3.74. The Morgan fingerprint density at radius 2 is 1.32 bits per heavy atom. The van der Waals surface area contributed by atoms with Crippen LogP contribution in [0.15, 0.2) is 0 Å². The molecule has 13 nitrogen and oxygen atoms in total. The van der Waals surface area contributed by atoms with Crippen molar-refractivity contribution in [1.29, 1.82) is 0 Å². The zero-order valence-electron chi connectivity index (χ0n) is 15.0. The van der Waals surface area contributed by atoms with Crippen molar-refractivity contribution in [3.8, 4) is 0 Å². The molecule has 4 atom stereocenters. The zero-order valence-corrected chi connectivity index (χ0v) is 15.9. The van der Waals surface area contributed by atoms with E-state index in [2.05, 4.69) is 23.3 Å². The number of thiol groups is 1. The highest BCUT2D eigenvalue weighted by Crippen LogP contribution is 1.99. The van der Waals surface area contributed by atoms with Crippen LogP contribution in [0.1, 0.15) is 19.8 Å². The monoisotopic (exact) mass is 420 g/mol. The summed E-state index contributed by atoms with van der Waals surface area (Å²) in [7, 11) is 0. The van der Waals surface area contributed by atoms with Crippen LogP contribution in [0.25, 0.3) is 0 Å². The highest BCUT2D eigenvalue weighted by Gasteiger charge is 2.30. The van der Waals surface area contributed by atoms with Crippen molar-refractivity contribution in [2.75, 3.05) is 5.75 Å². The van der Waals surface area contributed by atoms with E-state index in [1.54, 1.807) is 0 Å². The van der Waals surface area contributed by atoms with E-state index in [9.17, 15) is 28.8 Å². The molecule has 28 heavy (non-hydrogen) atoms. The normalized spacial score (nSPS) is 14.7. The minimum Gasteiger partial charge on any atom is -0.480 e. The Morgan fingerprint density at radius 1 is 0.857 bits per heavy atom. The van der Waals surface area contributed by atoms with Gasteiger partial charge in [0, 0.05) is 5.75 Å². The number of carboxylic acid groups (broad SMARTS) is 1. The number of carbonyl (C=O) groups is 6. The fourth-order valence-corrected chi connectivity index (χ4v) is 2.02. The van der Waals surface area contributed by atoms with Crippen LogP contribution in [0.3, 0.4) is 0 Å². The quantitative estimate of drug-likeness (QED) is 0.143. The number of amides is 5. The summed E-state index contributed by atoms with van der Waals surface area (Å²) in [5, 5.41) is 15.5. The second-order valence-electron chi connectivity index (χ2n) is 5.82. The van der Waals surface area contributed by atoms with E-state index in [1.165, 1.54) is 6.92 Å². The van der Waals surface area contributed by atoms with E-state index >= 15 is 0 Å². The number of carbonyl (C=O) groups excluding carboxylic acids is 5. The van der Waals surface area contributed by atoms with Crippen LogP contribution >= 0.6 is 12.6 Å². The van der Waals surface area contributed by atoms with Crippen molar-refractivity contribution in [3.05, 3.63) is 0 Å². The predicted octanol–water partition coefficient (Wildman–Crippen LogP) is -4.45. The largest absolute Gasteiger partial charge is 0.480 e. The average molecular weight is 420 g/mol. The van der Waals surface area contributed by atoms with Crippen molar-refractivity contribution in [3.63, 3.8) is 0 Å². The lowest BCUT2D eigenvalue weighted by molar-refractivity contribution is -0.144. The van der Waals surface area contributed by atoms with Gasteiger partial charge in [0.15, 0.2) is 0 Å². The van der Waals surface area contributed by atoms with Crippen LogP contribution in [0, 0.1) is 0 Å². The van der Waals surface area contributed by atoms with Gasteiger partial charge in [0.25, 0.3) is 0 Å². The first-order valence-corrected chi connectivity index (χ1v) is 8.59. The van der Waals surface area contributed by atoms with Crippen molar-refractivity contribution < 1.29 is 33.9 Å². The molecule has 0 saturated carbocycles. The fourth-order valence-electron chi connectivity index (χ4n) is 1.85. The lowest BCUT2D eigenvalue weighted by Gasteiger charge is -2.22. The lowest BCUT2D eigenvalue weighted by Crippen LogP contribution is -2.57. The molecule has 0 radical (unpaired) electrons. The van der Waals surface area contributed by atoms with Crippen LogP contribution < -0.4 is 33.2 Å². The van der Waals surface area contributed by atoms with Gasteiger partial charge in [0.2, 0.25) is 29.5 Å². The fraction of sp³-hybridized carbons (Fsp3) is 0.571. The van der Waals surface area contributed by atoms with Crippen LogP contribution in [0.4, 0.5) is 0 Å². The molecule has 0 heterocycles. The van der Waals surface area contributed by atoms with Crippen molar-refractivity contribution in [2.45, 2.75) is 43.9 Å². The molecule has 0 aliphatic rings. The standard InChI is InChI=1S/C14H24N6O7S/c1-5(18-12(24)6(15)4-28)11(23)19-7(2-9(16)21)13(25)20-8(14(26)27)3-10(17)22/h5-8,28H,2-4,15H2,1H3,(H2,16,21)(H2,17,22)(H,18,24)(H,19,23)(H,20,25)(H,26,27). The molecular formula is C14H24N6O7S. The molecule has 0 bridgehead atoms. The molecule has 0 fully saturated rings. The molecule has 5 amide bonds. The minimum absolute atomic E-state index is 0.0311. The Morgan fingerprint density at radius 3 is 1.75 bits per heavy atom. The van der Waals surface area contributed by atoms with E-state index in [1.807, 2.05) is 5.32 Å². The molecular weight excluding hydrogens is 396 g/mol. The third kappa shape index (κ3) is 9.18. The molecule has 0 rings (SSSR count). The number of hydrogen-bond acceptors (Lipinski definition) is 8. The van der Waals surface area contributed by atoms with Crippen LogP contribution in [-0.4, -0.2) is 70.5 Å². The van der Waals surface area contributed by atoms with E-state index in [-0.39, 0.29) is 5.75 Å². The van der Waals surface area contributed by atoms with Gasteiger partial charge in [-0.05, 0) is 6.92 Å². The summed E-state index contributed by atoms with van der Waals surface area (Å²) < 4.78 is 0. The first-order valence-electron chi connectivity index (χ1n) is 7.96. The zero-order chi connectivity index (χ0) is 22.0. The minimum atomic E-state index is -1.66. The molecule has 0 aliphatic heterocycles. The molecule has 158 valence electrons. The van der Waals surface area contributed by atoms with Crippen LogP contribution in [0.2, 0.25) is 0 Å². The van der Waals surface area contributed by atoms with Crippen molar-refractivity contribution in [2.24, 2.45) is 17.2 Å². The third-order valence-electron chi connectivity index (χ3n) is 3.34. The maximum absolute atomic E-state index is 12.2. The molecule has 0 aromatic heterocycles. The summed E-state index contributed by atoms with van der Waals surface area (Å²) in [5.41, 5.74) is 15.4. The molecule has 0 spiro atoms. The Labute approximate surface area is 165 Å². The Balaban J connectivity index is 5.14. The van der Waals surface area contributed by atoms with Gasteiger partial charge in [0.1, 0.15) is 18.1 Å². The second kappa shape index (κ2) is 11.8. The van der Waals surface area contributed by atoms with Crippen molar-refractivity contribution >= 4 is 48.1 Å². The smallest absolute Gasteiger partial charge is 0.326 e. The molecule has 0 aromatic rings. The Hall–Kier alpha value is -2.87. The number of aliphatic carboxylic acids is 1. The summed E-state index contributed by atoms with van der Waals surface area (Å²) in [6.07, 6.45) is -1.36. The highest BCUT2D eigenvalue weighted by molar-refractivity contribution is 7.80. The van der Waals surface area contributed by atoms with Crippen LogP contribution in [-0.2, 0) is 28.8 Å². The molecule has 0 aliphatic carbocycles. The molecule has 0 aromatic carbocycles. The highest BCUT2D eigenvalue weighted by atomic mass is 32.1. The summed E-state index contributed by atoms with van der Waals surface area (Å²) >= 11 is 3.85. The number of nitrogens with two attached hydrogens (primary N) is 3. The van der Waals surface area contributed by atoms with E-state index in [4.69, 9.17) is 22.3 Å². The van der Waals surface area contributed by atoms with Gasteiger partial charge in [-0.2, -0.15) is 12.6 Å². The van der Waals surface area contributed by atoms with E-state index in [0.717, 1.165) is 0 Å². The molecule has 14 heteroatoms. The molecule has 0 saturated heterocycles. The SMILES string of the molecule is CC(NC(=O)C(N)CS)C(=O)NC(CC(N)=O)C(=O)NC(CC(N)=O)C(=O)O. The average Bonchev–Trinajstić information content (AvgIpc) is 2.58. The van der Waals surface area contributed by atoms with Gasteiger partial charge in [-0.3, -0.25) is 24.0 Å². The van der Waals surface area contributed by atoms with Crippen molar-refractivity contribution in [1.82, 2.24) is 16.0 Å². The first kappa shape index (κ1) is 25.1. The Bertz CT molecular complexity index is 644. The van der Waals surface area contributed by atoms with E-state index in [0.29, 0.717) is 0 Å². The second-order valence-corrected chi connectivity index (χ2v) is 6.19. The summed E-state index contributed by atoms with van der Waals surface area (Å²) in [6, 6.07) is -5.31. The number of rotatable bonds is 12. The molecule has 10 N–H and O–H groups in total. The Kier molecular flexibility index (Phi) is 10.6. The van der Waals surface area contributed by atoms with Gasteiger partial charge >= 0.3 is 5.97 Å². The summed E-state index contributed by atoms with van der Waals surface area (Å²) in [4.78, 5) is 69.3.